The fraction of sp³-hybridized carbons (Fsp3) is 0.278. The second-order valence-electron chi connectivity index (χ2n) is 5.94. The average molecular weight is 278 g/mol. The highest BCUT2D eigenvalue weighted by molar-refractivity contribution is 6.00. The molecule has 2 aliphatic rings. The van der Waals surface area contributed by atoms with Gasteiger partial charge in [-0.15, -0.1) is 0 Å². The molecule has 2 unspecified atom stereocenters. The summed E-state index contributed by atoms with van der Waals surface area (Å²) in [4.78, 5) is 14.7. The Labute approximate surface area is 124 Å². The predicted molar refractivity (Wildman–Crippen MR) is 84.2 cm³/mol. The van der Waals surface area contributed by atoms with Crippen LogP contribution in [0.1, 0.15) is 23.5 Å². The Bertz CT molecular complexity index is 696. The number of amides is 1. The van der Waals surface area contributed by atoms with Crippen molar-refractivity contribution in [2.75, 3.05) is 17.2 Å². The molecule has 1 aliphatic heterocycles. The monoisotopic (exact) mass is 278 g/mol. The third-order valence-electron chi connectivity index (χ3n) is 4.67. The molecule has 0 aromatic heterocycles. The summed E-state index contributed by atoms with van der Waals surface area (Å²) in [6.07, 6.45) is 1.84. The molecule has 2 atom stereocenters. The number of fused-ring (bicyclic) bond motifs is 1. The van der Waals surface area contributed by atoms with Crippen LogP contribution in [-0.2, 0) is 11.2 Å². The maximum Gasteiger partial charge on any atom is 0.230 e. The molecule has 0 saturated heterocycles. The number of anilines is 2. The topological polar surface area (TPSA) is 46.3 Å². The van der Waals surface area contributed by atoms with Crippen LogP contribution in [0.3, 0.4) is 0 Å². The van der Waals surface area contributed by atoms with E-state index in [4.69, 9.17) is 5.73 Å². The van der Waals surface area contributed by atoms with Gasteiger partial charge in [0.2, 0.25) is 5.91 Å². The van der Waals surface area contributed by atoms with E-state index in [1.54, 1.807) is 0 Å². The highest BCUT2D eigenvalue weighted by Gasteiger charge is 2.46. The normalized spacial score (nSPS) is 23.0. The number of carbonyl (C=O) groups excluding carboxylic acids is 1. The van der Waals surface area contributed by atoms with Crippen LogP contribution in [0.5, 0.6) is 0 Å². The molecule has 2 aromatic rings. The van der Waals surface area contributed by atoms with E-state index >= 15 is 0 Å². The molecule has 2 N–H and O–H groups in total. The second-order valence-corrected chi connectivity index (χ2v) is 5.94. The number of nitrogens with two attached hydrogens (primary N) is 1. The van der Waals surface area contributed by atoms with E-state index in [0.29, 0.717) is 5.92 Å². The SMILES string of the molecule is Nc1cccc2c1CCN2C(=O)C1CC1c1ccccc1. The van der Waals surface area contributed by atoms with Crippen LogP contribution in [-0.4, -0.2) is 12.5 Å². The van der Waals surface area contributed by atoms with Gasteiger partial charge in [0, 0.05) is 29.4 Å². The molecule has 106 valence electrons. The van der Waals surface area contributed by atoms with Crippen LogP contribution in [0.25, 0.3) is 0 Å². The molecular weight excluding hydrogens is 260 g/mol. The molecule has 4 rings (SSSR count). The zero-order chi connectivity index (χ0) is 14.4. The molecule has 0 bridgehead atoms. The van der Waals surface area contributed by atoms with E-state index in [2.05, 4.69) is 12.1 Å². The Morgan fingerprint density at radius 2 is 1.90 bits per heavy atom. The van der Waals surface area contributed by atoms with Gasteiger partial charge in [-0.25, -0.2) is 0 Å². The third kappa shape index (κ3) is 2.00. The first-order valence-corrected chi connectivity index (χ1v) is 7.49. The maximum atomic E-state index is 12.8. The van der Waals surface area contributed by atoms with Crippen LogP contribution >= 0.6 is 0 Å². The lowest BCUT2D eigenvalue weighted by molar-refractivity contribution is -0.119. The smallest absolute Gasteiger partial charge is 0.230 e. The van der Waals surface area contributed by atoms with Gasteiger partial charge in [0.15, 0.2) is 0 Å². The van der Waals surface area contributed by atoms with E-state index < -0.39 is 0 Å². The zero-order valence-corrected chi connectivity index (χ0v) is 11.8. The molecule has 3 nitrogen and oxygen atoms in total. The Morgan fingerprint density at radius 1 is 1.10 bits per heavy atom. The van der Waals surface area contributed by atoms with Crippen molar-refractivity contribution in [2.45, 2.75) is 18.8 Å². The zero-order valence-electron chi connectivity index (χ0n) is 11.8. The first-order chi connectivity index (χ1) is 10.3. The first-order valence-electron chi connectivity index (χ1n) is 7.49. The summed E-state index contributed by atoms with van der Waals surface area (Å²) < 4.78 is 0. The summed E-state index contributed by atoms with van der Waals surface area (Å²) in [5.74, 6) is 0.789. The molecule has 1 aliphatic carbocycles. The van der Waals surface area contributed by atoms with Gasteiger partial charge in [-0.05, 0) is 36.5 Å². The molecule has 3 heteroatoms. The molecule has 1 heterocycles. The molecule has 1 fully saturated rings. The number of carbonyl (C=O) groups is 1. The number of nitrogen functional groups attached to an aromatic ring is 1. The number of nitrogens with zero attached hydrogens (tertiary/aromatic N) is 1. The van der Waals surface area contributed by atoms with Crippen molar-refractivity contribution in [3.8, 4) is 0 Å². The van der Waals surface area contributed by atoms with Crippen molar-refractivity contribution in [3.05, 3.63) is 59.7 Å². The van der Waals surface area contributed by atoms with Crippen molar-refractivity contribution in [1.29, 1.82) is 0 Å². The number of benzene rings is 2. The minimum absolute atomic E-state index is 0.139. The lowest BCUT2D eigenvalue weighted by Crippen LogP contribution is -2.30. The summed E-state index contributed by atoms with van der Waals surface area (Å²) in [7, 11) is 0. The van der Waals surface area contributed by atoms with Crippen molar-refractivity contribution >= 4 is 17.3 Å². The predicted octanol–water partition coefficient (Wildman–Crippen LogP) is 2.96. The van der Waals surface area contributed by atoms with Gasteiger partial charge in [0.1, 0.15) is 0 Å². The molecule has 0 spiro atoms. The van der Waals surface area contributed by atoms with Gasteiger partial charge < -0.3 is 10.6 Å². The fourth-order valence-electron chi connectivity index (χ4n) is 3.43. The summed E-state index contributed by atoms with van der Waals surface area (Å²) in [6.45, 7) is 0.764. The van der Waals surface area contributed by atoms with E-state index in [1.807, 2.05) is 41.3 Å². The van der Waals surface area contributed by atoms with E-state index in [9.17, 15) is 4.79 Å². The van der Waals surface area contributed by atoms with Crippen molar-refractivity contribution < 1.29 is 4.79 Å². The highest BCUT2D eigenvalue weighted by atomic mass is 16.2. The molecule has 1 amide bonds. The van der Waals surface area contributed by atoms with Crippen molar-refractivity contribution in [2.24, 2.45) is 5.92 Å². The van der Waals surface area contributed by atoms with E-state index in [1.165, 1.54) is 5.56 Å². The Hall–Kier alpha value is -2.29. The van der Waals surface area contributed by atoms with Gasteiger partial charge in [0.25, 0.3) is 0 Å². The summed E-state index contributed by atoms with van der Waals surface area (Å²) in [5, 5.41) is 0. The van der Waals surface area contributed by atoms with E-state index in [-0.39, 0.29) is 11.8 Å². The van der Waals surface area contributed by atoms with Crippen LogP contribution in [0, 0.1) is 5.92 Å². The summed E-state index contributed by atoms with van der Waals surface area (Å²) in [6, 6.07) is 16.2. The lowest BCUT2D eigenvalue weighted by Gasteiger charge is -2.17. The van der Waals surface area contributed by atoms with Gasteiger partial charge in [-0.3, -0.25) is 4.79 Å². The van der Waals surface area contributed by atoms with Gasteiger partial charge >= 0.3 is 0 Å². The lowest BCUT2D eigenvalue weighted by atomic mass is 10.1. The van der Waals surface area contributed by atoms with Crippen molar-refractivity contribution in [1.82, 2.24) is 0 Å². The largest absolute Gasteiger partial charge is 0.398 e. The van der Waals surface area contributed by atoms with E-state index in [0.717, 1.165) is 36.3 Å². The van der Waals surface area contributed by atoms with Crippen molar-refractivity contribution in [3.63, 3.8) is 0 Å². The third-order valence-corrected chi connectivity index (χ3v) is 4.67. The molecule has 0 radical (unpaired) electrons. The standard InChI is InChI=1S/C18H18N2O/c19-16-7-4-8-17-13(16)9-10-20(17)18(21)15-11-14(15)12-5-2-1-3-6-12/h1-8,14-15H,9-11,19H2. The van der Waals surface area contributed by atoms with Crippen LogP contribution < -0.4 is 10.6 Å². The minimum Gasteiger partial charge on any atom is -0.398 e. The second kappa shape index (κ2) is 4.62. The highest BCUT2D eigenvalue weighted by Crippen LogP contribution is 2.49. The summed E-state index contributed by atoms with van der Waals surface area (Å²) in [5.41, 5.74) is 10.2. The number of hydrogen-bond donors (Lipinski definition) is 1. The fourth-order valence-corrected chi connectivity index (χ4v) is 3.43. The van der Waals surface area contributed by atoms with Gasteiger partial charge in [0.05, 0.1) is 0 Å². The average Bonchev–Trinajstić information content (AvgIpc) is 3.20. The molecular formula is C18H18N2O. The van der Waals surface area contributed by atoms with Crippen LogP contribution in [0.2, 0.25) is 0 Å². The van der Waals surface area contributed by atoms with Gasteiger partial charge in [-0.1, -0.05) is 36.4 Å². The molecule has 2 aromatic carbocycles. The number of rotatable bonds is 2. The Morgan fingerprint density at radius 3 is 2.71 bits per heavy atom. The minimum atomic E-state index is 0.139. The van der Waals surface area contributed by atoms with Crippen LogP contribution in [0.15, 0.2) is 48.5 Å². The molecule has 21 heavy (non-hydrogen) atoms. The first kappa shape index (κ1) is 12.5. The van der Waals surface area contributed by atoms with Crippen LogP contribution in [0.4, 0.5) is 11.4 Å². The summed E-state index contributed by atoms with van der Waals surface area (Å²) >= 11 is 0. The number of hydrogen-bond acceptors (Lipinski definition) is 2. The Kier molecular flexibility index (Phi) is 2.74. The maximum absolute atomic E-state index is 12.8. The Balaban J connectivity index is 1.55. The quantitative estimate of drug-likeness (QED) is 0.858. The van der Waals surface area contributed by atoms with Gasteiger partial charge in [-0.2, -0.15) is 0 Å². The molecule has 1 saturated carbocycles.